The average molecular weight is 493 g/mol. The van der Waals surface area contributed by atoms with Crippen LogP contribution in [0.3, 0.4) is 0 Å². The zero-order valence-electron chi connectivity index (χ0n) is 18.4. The van der Waals surface area contributed by atoms with Gasteiger partial charge in [0.1, 0.15) is 10.9 Å². The van der Waals surface area contributed by atoms with Gasteiger partial charge in [-0.05, 0) is 25.0 Å². The molecule has 1 amide bonds. The van der Waals surface area contributed by atoms with E-state index in [0.29, 0.717) is 22.3 Å². The van der Waals surface area contributed by atoms with E-state index < -0.39 is 0 Å². The first-order chi connectivity index (χ1) is 16.5. The fourth-order valence-electron chi connectivity index (χ4n) is 4.63. The van der Waals surface area contributed by atoms with Crippen molar-refractivity contribution in [1.82, 2.24) is 24.6 Å². The molecule has 10 heteroatoms. The van der Waals surface area contributed by atoms with E-state index in [0.717, 1.165) is 58.1 Å². The number of thiophene rings is 1. The Bertz CT molecular complexity index is 1550. The molecule has 5 aromatic rings. The number of carbonyl (C=O) groups excluding carboxylic acids is 1. The van der Waals surface area contributed by atoms with E-state index in [9.17, 15) is 4.79 Å². The quantitative estimate of drug-likeness (QED) is 0.339. The fourth-order valence-corrected chi connectivity index (χ4v) is 5.68. The molecule has 1 aliphatic heterocycles. The molecule has 1 saturated heterocycles. The molecular weight excluding hydrogens is 472 g/mol. The van der Waals surface area contributed by atoms with Crippen LogP contribution in [0.25, 0.3) is 43.5 Å². The van der Waals surface area contributed by atoms with Crippen molar-refractivity contribution < 1.29 is 9.21 Å². The van der Waals surface area contributed by atoms with Crippen LogP contribution in [0.4, 0.5) is 5.82 Å². The Morgan fingerprint density at radius 3 is 2.76 bits per heavy atom. The molecular formula is C24H21ClN6O2S. The van der Waals surface area contributed by atoms with Crippen molar-refractivity contribution in [3.63, 3.8) is 0 Å². The molecule has 8 nitrogen and oxygen atoms in total. The van der Waals surface area contributed by atoms with Crippen LogP contribution >= 0.6 is 22.9 Å². The summed E-state index contributed by atoms with van der Waals surface area (Å²) in [5.74, 6) is 1.17. The number of pyridine rings is 2. The lowest BCUT2D eigenvalue weighted by Gasteiger charge is -2.31. The maximum Gasteiger partial charge on any atom is 0.219 e. The molecule has 0 bridgehead atoms. The van der Waals surface area contributed by atoms with Crippen LogP contribution in [0, 0.1) is 0 Å². The van der Waals surface area contributed by atoms with Gasteiger partial charge in [-0.2, -0.15) is 5.10 Å². The van der Waals surface area contributed by atoms with E-state index in [2.05, 4.69) is 15.1 Å². The number of amides is 1. The number of nitrogens with two attached hydrogens (primary N) is 1. The number of likely N-dealkylation sites (tertiary alicyclic amines) is 1. The zero-order chi connectivity index (χ0) is 23.4. The number of rotatable bonds is 3. The van der Waals surface area contributed by atoms with Crippen LogP contribution in [-0.2, 0) is 4.79 Å². The van der Waals surface area contributed by atoms with Gasteiger partial charge in [-0.25, -0.2) is 9.97 Å². The highest BCUT2D eigenvalue weighted by Gasteiger charge is 2.23. The Labute approximate surface area is 204 Å². The third kappa shape index (κ3) is 3.52. The second-order valence-electron chi connectivity index (χ2n) is 8.51. The fraction of sp³-hybridized carbons (Fsp3) is 0.250. The predicted octanol–water partition coefficient (Wildman–Crippen LogP) is 5.39. The number of nitrogens with zero attached hydrogens (tertiary/aromatic N) is 5. The van der Waals surface area contributed by atoms with Crippen molar-refractivity contribution in [2.24, 2.45) is 0 Å². The lowest BCUT2D eigenvalue weighted by atomic mass is 10.0. The summed E-state index contributed by atoms with van der Waals surface area (Å²) in [7, 11) is 0. The van der Waals surface area contributed by atoms with Crippen molar-refractivity contribution in [2.75, 3.05) is 18.8 Å². The van der Waals surface area contributed by atoms with E-state index in [1.54, 1.807) is 30.7 Å². The van der Waals surface area contributed by atoms with Crippen molar-refractivity contribution in [3.8, 4) is 22.5 Å². The molecule has 6 rings (SSSR count). The number of furan rings is 1. The molecule has 0 saturated carbocycles. The van der Waals surface area contributed by atoms with E-state index in [-0.39, 0.29) is 11.9 Å². The predicted molar refractivity (Wildman–Crippen MR) is 134 cm³/mol. The molecule has 2 N–H and O–H groups in total. The second-order valence-corrected chi connectivity index (χ2v) is 9.81. The third-order valence-electron chi connectivity index (χ3n) is 6.48. The van der Waals surface area contributed by atoms with E-state index >= 15 is 0 Å². The molecule has 0 unspecified atom stereocenters. The molecule has 5 aromatic heterocycles. The molecule has 0 atom stereocenters. The summed E-state index contributed by atoms with van der Waals surface area (Å²) in [6.07, 6.45) is 9.19. The van der Waals surface area contributed by atoms with Crippen LogP contribution in [0.15, 0.2) is 46.7 Å². The summed E-state index contributed by atoms with van der Waals surface area (Å²) >= 11 is 7.73. The van der Waals surface area contributed by atoms with Crippen LogP contribution in [0.5, 0.6) is 0 Å². The molecule has 172 valence electrons. The van der Waals surface area contributed by atoms with Gasteiger partial charge in [0.25, 0.3) is 0 Å². The number of halogens is 1. The Kier molecular flexibility index (Phi) is 5.04. The van der Waals surface area contributed by atoms with E-state index in [1.165, 1.54) is 0 Å². The van der Waals surface area contributed by atoms with Crippen molar-refractivity contribution in [3.05, 3.63) is 47.5 Å². The molecule has 0 aromatic carbocycles. The minimum atomic E-state index is 0.127. The summed E-state index contributed by atoms with van der Waals surface area (Å²) in [5, 5.41) is 8.97. The SMILES string of the molecule is CC(=O)N1CCC(n2cc(-c3cnc(N)c4oc(-c5csc6cnc(Cl)cc56)cc34)cn2)CC1. The minimum Gasteiger partial charge on any atom is -0.452 e. The Hall–Kier alpha value is -3.43. The number of carbonyl (C=O) groups is 1. The van der Waals surface area contributed by atoms with Gasteiger partial charge in [-0.15, -0.1) is 11.3 Å². The van der Waals surface area contributed by atoms with Crippen molar-refractivity contribution in [2.45, 2.75) is 25.8 Å². The van der Waals surface area contributed by atoms with Crippen LogP contribution in [-0.4, -0.2) is 43.6 Å². The summed E-state index contributed by atoms with van der Waals surface area (Å²) in [6, 6.07) is 4.11. The van der Waals surface area contributed by atoms with Gasteiger partial charge in [0.05, 0.1) is 16.9 Å². The largest absolute Gasteiger partial charge is 0.452 e. The number of piperidine rings is 1. The van der Waals surface area contributed by atoms with Gasteiger partial charge in [0.15, 0.2) is 11.4 Å². The standard InChI is InChI=1S/C24H21ClN6O2S/c1-13(32)30-4-2-15(3-5-30)31-11-14(8-29-31)18-9-28-24(26)23-17(18)6-20(33-23)19-12-34-21-10-27-22(25)7-16(19)21/h6-12,15H,2-5H2,1H3,(H2,26,28). The van der Waals surface area contributed by atoms with E-state index in [4.69, 9.17) is 21.8 Å². The topological polar surface area (TPSA) is 103 Å². The highest BCUT2D eigenvalue weighted by atomic mass is 35.5. The van der Waals surface area contributed by atoms with Crippen LogP contribution < -0.4 is 5.73 Å². The lowest BCUT2D eigenvalue weighted by molar-refractivity contribution is -0.130. The molecule has 34 heavy (non-hydrogen) atoms. The first-order valence-corrected chi connectivity index (χ1v) is 12.2. The highest BCUT2D eigenvalue weighted by Crippen LogP contribution is 2.41. The Balaban J connectivity index is 1.37. The second kappa shape index (κ2) is 8.11. The third-order valence-corrected chi connectivity index (χ3v) is 7.62. The van der Waals surface area contributed by atoms with Gasteiger partial charge in [-0.1, -0.05) is 11.6 Å². The molecule has 1 fully saturated rings. The lowest BCUT2D eigenvalue weighted by Crippen LogP contribution is -2.37. The summed E-state index contributed by atoms with van der Waals surface area (Å²) in [5.41, 5.74) is 9.53. The average Bonchev–Trinajstić information content (AvgIpc) is 3.57. The molecule has 0 radical (unpaired) electrons. The zero-order valence-corrected chi connectivity index (χ0v) is 19.9. The Morgan fingerprint density at radius 2 is 1.97 bits per heavy atom. The smallest absolute Gasteiger partial charge is 0.219 e. The van der Waals surface area contributed by atoms with Gasteiger partial charge < -0.3 is 15.1 Å². The van der Waals surface area contributed by atoms with Crippen molar-refractivity contribution >= 4 is 55.7 Å². The van der Waals surface area contributed by atoms with E-state index in [1.807, 2.05) is 39.5 Å². The number of anilines is 1. The Morgan fingerprint density at radius 1 is 1.15 bits per heavy atom. The minimum absolute atomic E-state index is 0.127. The first kappa shape index (κ1) is 21.1. The molecule has 6 heterocycles. The number of aromatic nitrogens is 4. The van der Waals surface area contributed by atoms with Crippen molar-refractivity contribution in [1.29, 1.82) is 0 Å². The monoisotopic (exact) mass is 492 g/mol. The summed E-state index contributed by atoms with van der Waals surface area (Å²) < 4.78 is 9.23. The molecule has 0 aliphatic carbocycles. The van der Waals surface area contributed by atoms with Gasteiger partial charge >= 0.3 is 0 Å². The van der Waals surface area contributed by atoms with Gasteiger partial charge in [0.2, 0.25) is 5.91 Å². The number of nitrogen functional groups attached to an aromatic ring is 1. The van der Waals surface area contributed by atoms with Gasteiger partial charge in [-0.3, -0.25) is 9.48 Å². The van der Waals surface area contributed by atoms with Crippen LogP contribution in [0.1, 0.15) is 25.8 Å². The highest BCUT2D eigenvalue weighted by molar-refractivity contribution is 7.17. The first-order valence-electron chi connectivity index (χ1n) is 11.0. The summed E-state index contributed by atoms with van der Waals surface area (Å²) in [6.45, 7) is 3.12. The molecule has 1 aliphatic rings. The van der Waals surface area contributed by atoms with Crippen LogP contribution in [0.2, 0.25) is 5.15 Å². The molecule has 0 spiro atoms. The van der Waals surface area contributed by atoms with Gasteiger partial charge in [0, 0.05) is 71.4 Å². The number of fused-ring (bicyclic) bond motifs is 2. The normalized spacial score (nSPS) is 14.9. The summed E-state index contributed by atoms with van der Waals surface area (Å²) in [4.78, 5) is 22.1. The maximum absolute atomic E-state index is 11.6. The number of hydrogen-bond donors (Lipinski definition) is 1. The maximum atomic E-state index is 11.6. The number of hydrogen-bond acceptors (Lipinski definition) is 7.